The number of carbonyl (C=O) groups is 2. The molecule has 0 atom stereocenters. The van der Waals surface area contributed by atoms with Gasteiger partial charge in [0.2, 0.25) is 5.91 Å². The molecule has 2 aromatic rings. The van der Waals surface area contributed by atoms with Gasteiger partial charge < -0.3 is 10.2 Å². The molecule has 27 heavy (non-hydrogen) atoms. The summed E-state index contributed by atoms with van der Waals surface area (Å²) in [4.78, 5) is 39.0. The van der Waals surface area contributed by atoms with E-state index in [1.807, 2.05) is 30.0 Å². The van der Waals surface area contributed by atoms with Crippen LogP contribution in [0.5, 0.6) is 0 Å². The molecule has 0 aromatic carbocycles. The molecule has 0 saturated carbocycles. The fourth-order valence-corrected chi connectivity index (χ4v) is 3.36. The molecule has 3 rings (SSSR count). The summed E-state index contributed by atoms with van der Waals surface area (Å²) in [6, 6.07) is 5.60. The van der Waals surface area contributed by atoms with Crippen molar-refractivity contribution in [3.8, 4) is 0 Å². The van der Waals surface area contributed by atoms with Crippen LogP contribution in [0.3, 0.4) is 0 Å². The molecule has 3 heterocycles. The summed E-state index contributed by atoms with van der Waals surface area (Å²) in [6.45, 7) is 5.34. The van der Waals surface area contributed by atoms with Gasteiger partial charge >= 0.3 is 0 Å². The van der Waals surface area contributed by atoms with E-state index < -0.39 is 0 Å². The van der Waals surface area contributed by atoms with Crippen molar-refractivity contribution < 1.29 is 9.59 Å². The number of nitrogens with zero attached hydrogens (tertiary/aromatic N) is 4. The minimum Gasteiger partial charge on any atom is -0.346 e. The molecule has 1 fully saturated rings. The number of hydrogen-bond donors (Lipinski definition) is 1. The van der Waals surface area contributed by atoms with Crippen LogP contribution in [0.2, 0.25) is 0 Å². The van der Waals surface area contributed by atoms with E-state index in [0.29, 0.717) is 23.9 Å². The van der Waals surface area contributed by atoms with Crippen molar-refractivity contribution in [3.63, 3.8) is 0 Å². The molecule has 7 heteroatoms. The summed E-state index contributed by atoms with van der Waals surface area (Å²) < 4.78 is 0. The molecule has 142 valence electrons. The second-order valence-corrected chi connectivity index (χ2v) is 6.93. The van der Waals surface area contributed by atoms with Gasteiger partial charge in [-0.15, -0.1) is 0 Å². The van der Waals surface area contributed by atoms with Crippen LogP contribution in [0.4, 0.5) is 0 Å². The fraction of sp³-hybridized carbons (Fsp3) is 0.450. The van der Waals surface area contributed by atoms with Gasteiger partial charge in [-0.25, -0.2) is 9.97 Å². The lowest BCUT2D eigenvalue weighted by Gasteiger charge is -2.31. The fourth-order valence-electron chi connectivity index (χ4n) is 3.36. The Morgan fingerprint density at radius 2 is 2.00 bits per heavy atom. The zero-order valence-electron chi connectivity index (χ0n) is 15.8. The monoisotopic (exact) mass is 367 g/mol. The summed E-state index contributed by atoms with van der Waals surface area (Å²) in [5.74, 6) is 1.02. The summed E-state index contributed by atoms with van der Waals surface area (Å²) >= 11 is 0. The number of likely N-dealkylation sites (tertiary alicyclic amines) is 1. The summed E-state index contributed by atoms with van der Waals surface area (Å²) in [5.41, 5.74) is 2.10. The van der Waals surface area contributed by atoms with Crippen LogP contribution in [0, 0.1) is 12.8 Å². The van der Waals surface area contributed by atoms with Gasteiger partial charge in [0, 0.05) is 32.4 Å². The van der Waals surface area contributed by atoms with E-state index >= 15 is 0 Å². The molecule has 7 nitrogen and oxygen atoms in total. The molecule has 2 aromatic heterocycles. The number of hydrogen-bond acceptors (Lipinski definition) is 5. The first-order valence-corrected chi connectivity index (χ1v) is 9.29. The average molecular weight is 367 g/mol. The maximum Gasteiger partial charge on any atom is 0.255 e. The van der Waals surface area contributed by atoms with Crippen LogP contribution in [0.15, 0.2) is 30.6 Å². The highest BCUT2D eigenvalue weighted by atomic mass is 16.2. The minimum absolute atomic E-state index is 0.126. The summed E-state index contributed by atoms with van der Waals surface area (Å²) in [5, 5.41) is 2.90. The van der Waals surface area contributed by atoms with Crippen LogP contribution < -0.4 is 5.32 Å². The number of aromatic nitrogens is 3. The molecule has 0 aliphatic carbocycles. The van der Waals surface area contributed by atoms with Crippen molar-refractivity contribution in [2.45, 2.75) is 39.7 Å². The van der Waals surface area contributed by atoms with Crippen LogP contribution >= 0.6 is 0 Å². The topological polar surface area (TPSA) is 88.1 Å². The standard InChI is InChI=1S/C20H25N5O2/c1-14-22-13-18(20(27)23-12-17-5-3-4-8-21-17)19(24-14)11-16-6-9-25(10-7-16)15(2)26/h3-5,8,13,16H,6-7,9-12H2,1-2H3,(H,23,27). The molecule has 2 amide bonds. The van der Waals surface area contributed by atoms with Crippen molar-refractivity contribution in [1.29, 1.82) is 0 Å². The van der Waals surface area contributed by atoms with E-state index in [4.69, 9.17) is 0 Å². The summed E-state index contributed by atoms with van der Waals surface area (Å²) in [7, 11) is 0. The van der Waals surface area contributed by atoms with Gasteiger partial charge in [0.15, 0.2) is 0 Å². The highest BCUT2D eigenvalue weighted by Gasteiger charge is 2.23. The quantitative estimate of drug-likeness (QED) is 0.872. The van der Waals surface area contributed by atoms with Crippen molar-refractivity contribution in [2.24, 2.45) is 5.92 Å². The third-order valence-corrected chi connectivity index (χ3v) is 4.93. The van der Waals surface area contributed by atoms with Crippen LogP contribution in [0.1, 0.15) is 47.3 Å². The Balaban J connectivity index is 1.66. The molecular formula is C20H25N5O2. The van der Waals surface area contributed by atoms with Crippen molar-refractivity contribution in [2.75, 3.05) is 13.1 Å². The highest BCUT2D eigenvalue weighted by Crippen LogP contribution is 2.22. The van der Waals surface area contributed by atoms with E-state index in [-0.39, 0.29) is 11.8 Å². The van der Waals surface area contributed by atoms with E-state index in [2.05, 4.69) is 20.3 Å². The van der Waals surface area contributed by atoms with E-state index in [9.17, 15) is 9.59 Å². The molecule has 0 bridgehead atoms. The van der Waals surface area contributed by atoms with Gasteiger partial charge in [-0.1, -0.05) is 6.07 Å². The Morgan fingerprint density at radius 3 is 2.67 bits per heavy atom. The predicted octanol–water partition coefficient (Wildman–Crippen LogP) is 1.91. The zero-order chi connectivity index (χ0) is 19.2. The van der Waals surface area contributed by atoms with Crippen LogP contribution in [0.25, 0.3) is 0 Å². The maximum absolute atomic E-state index is 12.7. The molecule has 0 spiro atoms. The number of rotatable bonds is 5. The minimum atomic E-state index is -0.183. The zero-order valence-corrected chi connectivity index (χ0v) is 15.8. The van der Waals surface area contributed by atoms with E-state index in [1.54, 1.807) is 19.3 Å². The molecule has 1 saturated heterocycles. The van der Waals surface area contributed by atoms with Gasteiger partial charge in [-0.05, 0) is 44.2 Å². The van der Waals surface area contributed by atoms with Crippen molar-refractivity contribution in [3.05, 3.63) is 53.4 Å². The highest BCUT2D eigenvalue weighted by molar-refractivity contribution is 5.94. The molecular weight excluding hydrogens is 342 g/mol. The molecule has 1 N–H and O–H groups in total. The van der Waals surface area contributed by atoms with Crippen molar-refractivity contribution >= 4 is 11.8 Å². The Bertz CT molecular complexity index is 801. The molecule has 1 aliphatic heterocycles. The number of piperidine rings is 1. The van der Waals surface area contributed by atoms with Crippen LogP contribution in [-0.2, 0) is 17.8 Å². The second kappa shape index (κ2) is 8.70. The third-order valence-electron chi connectivity index (χ3n) is 4.93. The summed E-state index contributed by atoms with van der Waals surface area (Å²) in [6.07, 6.45) is 5.89. The van der Waals surface area contributed by atoms with Gasteiger partial charge in [-0.3, -0.25) is 14.6 Å². The Labute approximate surface area is 159 Å². The Hall–Kier alpha value is -2.83. The second-order valence-electron chi connectivity index (χ2n) is 6.93. The van der Waals surface area contributed by atoms with E-state index in [1.165, 1.54) is 0 Å². The first kappa shape index (κ1) is 18.9. The lowest BCUT2D eigenvalue weighted by molar-refractivity contribution is -0.130. The Kier molecular flexibility index (Phi) is 6.11. The lowest BCUT2D eigenvalue weighted by atomic mass is 9.90. The number of amides is 2. The number of aryl methyl sites for hydroxylation is 1. The number of nitrogens with one attached hydrogen (secondary N) is 1. The van der Waals surface area contributed by atoms with Gasteiger partial charge in [0.05, 0.1) is 23.5 Å². The number of pyridine rings is 1. The molecule has 0 radical (unpaired) electrons. The van der Waals surface area contributed by atoms with Gasteiger partial charge in [0.1, 0.15) is 5.82 Å². The van der Waals surface area contributed by atoms with Gasteiger partial charge in [0.25, 0.3) is 5.91 Å². The first-order valence-electron chi connectivity index (χ1n) is 9.29. The lowest BCUT2D eigenvalue weighted by Crippen LogP contribution is -2.37. The smallest absolute Gasteiger partial charge is 0.255 e. The van der Waals surface area contributed by atoms with Crippen LogP contribution in [-0.4, -0.2) is 44.8 Å². The molecule has 1 aliphatic rings. The third kappa shape index (κ3) is 5.09. The Morgan fingerprint density at radius 1 is 1.22 bits per heavy atom. The average Bonchev–Trinajstić information content (AvgIpc) is 2.67. The molecule has 0 unspecified atom stereocenters. The van der Waals surface area contributed by atoms with E-state index in [0.717, 1.165) is 43.7 Å². The largest absolute Gasteiger partial charge is 0.346 e. The first-order chi connectivity index (χ1) is 13.0. The normalized spacial score (nSPS) is 14.8. The van der Waals surface area contributed by atoms with Crippen molar-refractivity contribution in [1.82, 2.24) is 25.2 Å². The maximum atomic E-state index is 12.7. The predicted molar refractivity (Wildman–Crippen MR) is 101 cm³/mol. The van der Waals surface area contributed by atoms with Gasteiger partial charge in [-0.2, -0.15) is 0 Å². The SMILES string of the molecule is CC(=O)N1CCC(Cc2nc(C)ncc2C(=O)NCc2ccccn2)CC1. The number of carbonyl (C=O) groups excluding carboxylic acids is 2.